The van der Waals surface area contributed by atoms with E-state index in [1.54, 1.807) is 6.20 Å². The highest BCUT2D eigenvalue weighted by Crippen LogP contribution is 2.25. The Morgan fingerprint density at radius 2 is 1.69 bits per heavy atom. The van der Waals surface area contributed by atoms with Crippen molar-refractivity contribution in [2.45, 2.75) is 6.61 Å². The number of fused-ring (bicyclic) bond motifs is 1. The molecule has 0 unspecified atom stereocenters. The van der Waals surface area contributed by atoms with E-state index in [1.165, 1.54) is 0 Å². The van der Waals surface area contributed by atoms with Crippen molar-refractivity contribution in [2.24, 2.45) is 0 Å². The van der Waals surface area contributed by atoms with Crippen molar-refractivity contribution in [2.75, 3.05) is 19.1 Å². The number of benzene rings is 2. The van der Waals surface area contributed by atoms with E-state index in [0.717, 1.165) is 33.9 Å². The van der Waals surface area contributed by atoms with Crippen LogP contribution in [0.4, 0.5) is 0 Å². The number of nitrogens with zero attached hydrogens (tertiary/aromatic N) is 4. The fourth-order valence-electron chi connectivity index (χ4n) is 2.91. The maximum Gasteiger partial charge on any atom is 0.179 e. The van der Waals surface area contributed by atoms with Crippen LogP contribution in [0, 0.1) is 0 Å². The van der Waals surface area contributed by atoms with Gasteiger partial charge < -0.3 is 9.75 Å². The smallest absolute Gasteiger partial charge is 0.179 e. The van der Waals surface area contributed by atoms with Gasteiger partial charge in [-0.15, -0.1) is 0 Å². The monoisotopic (exact) mass is 344 g/mol. The van der Waals surface area contributed by atoms with E-state index in [9.17, 15) is 0 Å². The predicted molar refractivity (Wildman–Crippen MR) is 104 cm³/mol. The lowest BCUT2D eigenvalue weighted by Gasteiger charge is -2.17. The molecule has 0 fully saturated rings. The lowest BCUT2D eigenvalue weighted by molar-refractivity contribution is 0.306. The largest absolute Gasteiger partial charge is 0.489 e. The Balaban J connectivity index is 1.61. The fourth-order valence-corrected chi connectivity index (χ4v) is 2.91. The summed E-state index contributed by atoms with van der Waals surface area (Å²) < 4.78 is 7.88. The number of hydrogen-bond donors (Lipinski definition) is 0. The van der Waals surface area contributed by atoms with Gasteiger partial charge in [0.2, 0.25) is 0 Å². The average molecular weight is 344 g/mol. The van der Waals surface area contributed by atoms with Crippen LogP contribution in [-0.4, -0.2) is 28.7 Å². The van der Waals surface area contributed by atoms with Gasteiger partial charge in [0.25, 0.3) is 0 Å². The molecule has 2 heterocycles. The summed E-state index contributed by atoms with van der Waals surface area (Å²) in [7, 11) is 3.97. The van der Waals surface area contributed by atoms with Gasteiger partial charge in [0.1, 0.15) is 17.9 Å². The fraction of sp³-hybridized carbons (Fsp3) is 0.143. The first-order valence-electron chi connectivity index (χ1n) is 8.50. The van der Waals surface area contributed by atoms with Crippen LogP contribution in [0.25, 0.3) is 22.6 Å². The number of aromatic nitrogens is 3. The van der Waals surface area contributed by atoms with E-state index >= 15 is 0 Å². The van der Waals surface area contributed by atoms with Crippen LogP contribution < -0.4 is 9.75 Å². The standard InChI is InChI=1S/C21H20N4O/c1-24(2)25-20(23-19-9-6-14-22-21(19)25)17-10-12-18(13-11-17)26-15-16-7-4-3-5-8-16/h3-14H,15H2,1-2H3. The van der Waals surface area contributed by atoms with E-state index < -0.39 is 0 Å². The van der Waals surface area contributed by atoms with Crippen LogP contribution >= 0.6 is 0 Å². The average Bonchev–Trinajstić information content (AvgIpc) is 3.07. The number of hydrogen-bond acceptors (Lipinski definition) is 4. The first kappa shape index (κ1) is 16.1. The highest BCUT2D eigenvalue weighted by Gasteiger charge is 2.14. The molecule has 4 rings (SSSR count). The summed E-state index contributed by atoms with van der Waals surface area (Å²) in [6.07, 6.45) is 1.79. The quantitative estimate of drug-likeness (QED) is 0.551. The van der Waals surface area contributed by atoms with Crippen LogP contribution in [0.15, 0.2) is 72.9 Å². The number of imidazole rings is 1. The molecule has 4 aromatic rings. The second kappa shape index (κ2) is 6.88. The van der Waals surface area contributed by atoms with Crippen molar-refractivity contribution < 1.29 is 4.74 Å². The Hall–Kier alpha value is -3.34. The number of rotatable bonds is 5. The highest BCUT2D eigenvalue weighted by molar-refractivity contribution is 5.77. The molecule has 0 aliphatic rings. The van der Waals surface area contributed by atoms with Crippen molar-refractivity contribution in [3.05, 3.63) is 78.5 Å². The first-order chi connectivity index (χ1) is 12.7. The Morgan fingerprint density at radius 3 is 2.42 bits per heavy atom. The number of ether oxygens (including phenoxy) is 1. The molecule has 0 bridgehead atoms. The van der Waals surface area contributed by atoms with Gasteiger partial charge in [-0.2, -0.15) is 0 Å². The topological polar surface area (TPSA) is 43.2 Å². The summed E-state index contributed by atoms with van der Waals surface area (Å²) in [5.41, 5.74) is 3.89. The summed E-state index contributed by atoms with van der Waals surface area (Å²) >= 11 is 0. The molecule has 0 saturated carbocycles. The van der Waals surface area contributed by atoms with Gasteiger partial charge in [-0.1, -0.05) is 30.3 Å². The zero-order valence-electron chi connectivity index (χ0n) is 14.8. The highest BCUT2D eigenvalue weighted by atomic mass is 16.5. The summed E-state index contributed by atoms with van der Waals surface area (Å²) in [6, 6.07) is 22.0. The molecule has 0 atom stereocenters. The zero-order valence-corrected chi connectivity index (χ0v) is 14.8. The molecule has 0 saturated heterocycles. The van der Waals surface area contributed by atoms with E-state index in [0.29, 0.717) is 6.61 Å². The zero-order chi connectivity index (χ0) is 17.9. The number of pyridine rings is 1. The molecular weight excluding hydrogens is 324 g/mol. The molecule has 2 aromatic heterocycles. The Kier molecular flexibility index (Phi) is 4.27. The van der Waals surface area contributed by atoms with Gasteiger partial charge in [-0.3, -0.25) is 0 Å². The lowest BCUT2D eigenvalue weighted by Crippen LogP contribution is -2.25. The van der Waals surface area contributed by atoms with E-state index in [1.807, 2.05) is 78.4 Å². The van der Waals surface area contributed by atoms with Crippen molar-refractivity contribution in [3.8, 4) is 17.1 Å². The molecule has 0 aliphatic carbocycles. The van der Waals surface area contributed by atoms with Crippen molar-refractivity contribution >= 4 is 11.2 Å². The molecule has 2 aromatic carbocycles. The van der Waals surface area contributed by atoms with E-state index in [2.05, 4.69) is 17.1 Å². The normalized spacial score (nSPS) is 10.8. The Bertz CT molecular complexity index is 1010. The Morgan fingerprint density at radius 1 is 0.923 bits per heavy atom. The van der Waals surface area contributed by atoms with Crippen molar-refractivity contribution in [3.63, 3.8) is 0 Å². The molecular formula is C21H20N4O. The third kappa shape index (κ3) is 3.11. The Labute approximate surface area is 152 Å². The van der Waals surface area contributed by atoms with Crippen LogP contribution in [0.2, 0.25) is 0 Å². The van der Waals surface area contributed by atoms with Crippen LogP contribution in [-0.2, 0) is 6.61 Å². The first-order valence-corrected chi connectivity index (χ1v) is 8.50. The minimum absolute atomic E-state index is 0.556. The molecule has 130 valence electrons. The van der Waals surface area contributed by atoms with Gasteiger partial charge in [0, 0.05) is 25.9 Å². The van der Waals surface area contributed by atoms with Crippen molar-refractivity contribution in [1.29, 1.82) is 0 Å². The summed E-state index contributed by atoms with van der Waals surface area (Å²) in [4.78, 5) is 9.21. The maximum absolute atomic E-state index is 5.87. The second-order valence-electron chi connectivity index (χ2n) is 6.24. The third-order valence-electron chi connectivity index (χ3n) is 4.15. The maximum atomic E-state index is 5.87. The molecule has 0 N–H and O–H groups in total. The van der Waals surface area contributed by atoms with Gasteiger partial charge in [-0.05, 0) is 42.0 Å². The molecule has 0 radical (unpaired) electrons. The molecule has 0 amide bonds. The minimum atomic E-state index is 0.556. The van der Waals surface area contributed by atoms with Gasteiger partial charge >= 0.3 is 0 Å². The molecule has 0 spiro atoms. The van der Waals surface area contributed by atoms with E-state index in [-0.39, 0.29) is 0 Å². The third-order valence-corrected chi connectivity index (χ3v) is 4.15. The predicted octanol–water partition coefficient (Wildman–Crippen LogP) is 3.87. The van der Waals surface area contributed by atoms with E-state index in [4.69, 9.17) is 9.72 Å². The van der Waals surface area contributed by atoms with Crippen LogP contribution in [0.1, 0.15) is 5.56 Å². The van der Waals surface area contributed by atoms with Gasteiger partial charge in [-0.25, -0.2) is 14.6 Å². The van der Waals surface area contributed by atoms with Crippen molar-refractivity contribution in [1.82, 2.24) is 14.6 Å². The van der Waals surface area contributed by atoms with Crippen LogP contribution in [0.3, 0.4) is 0 Å². The lowest BCUT2D eigenvalue weighted by atomic mass is 10.2. The minimum Gasteiger partial charge on any atom is -0.489 e. The summed E-state index contributed by atoms with van der Waals surface area (Å²) in [5.74, 6) is 1.70. The van der Waals surface area contributed by atoms with Gasteiger partial charge in [0.05, 0.1) is 0 Å². The molecule has 26 heavy (non-hydrogen) atoms. The SMILES string of the molecule is CN(C)n1c(-c2ccc(OCc3ccccc3)cc2)nc2cccnc21. The summed E-state index contributed by atoms with van der Waals surface area (Å²) in [6.45, 7) is 0.556. The molecule has 0 aliphatic heterocycles. The molecule has 5 heteroatoms. The van der Waals surface area contributed by atoms with Gasteiger partial charge in [0.15, 0.2) is 11.5 Å². The second-order valence-corrected chi connectivity index (χ2v) is 6.24. The molecule has 5 nitrogen and oxygen atoms in total. The van der Waals surface area contributed by atoms with Crippen LogP contribution in [0.5, 0.6) is 5.75 Å². The summed E-state index contributed by atoms with van der Waals surface area (Å²) in [5, 5.41) is 1.98.